The predicted octanol–water partition coefficient (Wildman–Crippen LogP) is 3.77. The first kappa shape index (κ1) is 21.7. The highest BCUT2D eigenvalue weighted by molar-refractivity contribution is 5.79. The quantitative estimate of drug-likeness (QED) is 0.371. The first-order valence-electron chi connectivity index (χ1n) is 10.5. The van der Waals surface area contributed by atoms with Gasteiger partial charge in [-0.25, -0.2) is 0 Å². The van der Waals surface area contributed by atoms with Crippen LogP contribution in [-0.4, -0.2) is 45.4 Å². The number of hydrogen-bond acceptors (Lipinski definition) is 3. The summed E-state index contributed by atoms with van der Waals surface area (Å²) in [6.45, 7) is 11.3. The Balaban J connectivity index is 1.82. The second kappa shape index (κ2) is 12.7. The number of hydrogen-bond donors (Lipinski definition) is 2. The van der Waals surface area contributed by atoms with Crippen molar-refractivity contribution in [2.45, 2.75) is 46.1 Å². The first-order valence-corrected chi connectivity index (χ1v) is 10.5. The zero-order chi connectivity index (χ0) is 19.3. The van der Waals surface area contributed by atoms with E-state index in [9.17, 15) is 0 Å². The molecule has 0 aromatic heterocycles. The SMILES string of the molecule is CCNC(=NCC1CCCOC1c1ccccc1)NCCOCCC(C)C. The van der Waals surface area contributed by atoms with E-state index >= 15 is 0 Å². The highest BCUT2D eigenvalue weighted by Crippen LogP contribution is 2.33. The Kier molecular flexibility index (Phi) is 10.2. The van der Waals surface area contributed by atoms with Gasteiger partial charge in [-0.2, -0.15) is 0 Å². The fourth-order valence-corrected chi connectivity index (χ4v) is 3.25. The summed E-state index contributed by atoms with van der Waals surface area (Å²) < 4.78 is 11.8. The van der Waals surface area contributed by atoms with Gasteiger partial charge in [0.05, 0.1) is 12.7 Å². The van der Waals surface area contributed by atoms with E-state index in [4.69, 9.17) is 14.5 Å². The molecule has 0 spiro atoms. The van der Waals surface area contributed by atoms with Crippen LogP contribution in [-0.2, 0) is 9.47 Å². The molecule has 0 saturated carbocycles. The molecule has 1 aromatic carbocycles. The molecule has 0 radical (unpaired) electrons. The van der Waals surface area contributed by atoms with E-state index < -0.39 is 0 Å². The Morgan fingerprint density at radius 2 is 2.04 bits per heavy atom. The summed E-state index contributed by atoms with van der Waals surface area (Å²) in [5, 5.41) is 6.70. The van der Waals surface area contributed by atoms with Crippen molar-refractivity contribution in [3.05, 3.63) is 35.9 Å². The van der Waals surface area contributed by atoms with Crippen molar-refractivity contribution in [2.24, 2.45) is 16.8 Å². The Morgan fingerprint density at radius 1 is 1.22 bits per heavy atom. The molecule has 2 rings (SSSR count). The van der Waals surface area contributed by atoms with E-state index in [1.54, 1.807) is 0 Å². The van der Waals surface area contributed by atoms with E-state index in [-0.39, 0.29) is 6.10 Å². The van der Waals surface area contributed by atoms with Crippen LogP contribution < -0.4 is 10.6 Å². The third kappa shape index (κ3) is 8.31. The highest BCUT2D eigenvalue weighted by Gasteiger charge is 2.27. The molecular formula is C22H37N3O2. The lowest BCUT2D eigenvalue weighted by Crippen LogP contribution is -2.39. The van der Waals surface area contributed by atoms with Gasteiger partial charge in [0.25, 0.3) is 0 Å². The minimum absolute atomic E-state index is 0.144. The summed E-state index contributed by atoms with van der Waals surface area (Å²) in [6.07, 6.45) is 3.51. The van der Waals surface area contributed by atoms with Crippen LogP contribution in [0.3, 0.4) is 0 Å². The summed E-state index contributed by atoms with van der Waals surface area (Å²) in [7, 11) is 0. The van der Waals surface area contributed by atoms with Crippen molar-refractivity contribution in [1.29, 1.82) is 0 Å². The molecule has 2 atom stereocenters. The number of nitrogens with zero attached hydrogens (tertiary/aromatic N) is 1. The number of nitrogens with one attached hydrogen (secondary N) is 2. The van der Waals surface area contributed by atoms with Gasteiger partial charge in [-0.15, -0.1) is 0 Å². The lowest BCUT2D eigenvalue weighted by molar-refractivity contribution is -0.0250. The van der Waals surface area contributed by atoms with Crippen molar-refractivity contribution in [2.75, 3.05) is 39.5 Å². The molecule has 1 fully saturated rings. The summed E-state index contributed by atoms with van der Waals surface area (Å²) >= 11 is 0. The number of benzene rings is 1. The van der Waals surface area contributed by atoms with Crippen molar-refractivity contribution < 1.29 is 9.47 Å². The normalized spacial score (nSPS) is 20.7. The second-order valence-electron chi connectivity index (χ2n) is 7.55. The molecule has 5 heteroatoms. The van der Waals surface area contributed by atoms with Gasteiger partial charge in [-0.05, 0) is 37.7 Å². The monoisotopic (exact) mass is 375 g/mol. The van der Waals surface area contributed by atoms with E-state index in [2.05, 4.69) is 61.7 Å². The van der Waals surface area contributed by atoms with Gasteiger partial charge in [0, 0.05) is 38.8 Å². The summed E-state index contributed by atoms with van der Waals surface area (Å²) in [5.41, 5.74) is 1.26. The summed E-state index contributed by atoms with van der Waals surface area (Å²) in [4.78, 5) is 4.82. The molecule has 2 N–H and O–H groups in total. The van der Waals surface area contributed by atoms with Crippen LogP contribution in [0.2, 0.25) is 0 Å². The molecule has 2 unspecified atom stereocenters. The predicted molar refractivity (Wildman–Crippen MR) is 112 cm³/mol. The summed E-state index contributed by atoms with van der Waals surface area (Å²) in [6, 6.07) is 10.5. The van der Waals surface area contributed by atoms with Crippen molar-refractivity contribution in [3.8, 4) is 0 Å². The van der Waals surface area contributed by atoms with Gasteiger partial charge in [-0.3, -0.25) is 4.99 Å². The number of aliphatic imine (C=N–C) groups is 1. The molecule has 1 saturated heterocycles. The van der Waals surface area contributed by atoms with Crippen LogP contribution in [0.5, 0.6) is 0 Å². The molecule has 0 amide bonds. The zero-order valence-electron chi connectivity index (χ0n) is 17.2. The van der Waals surface area contributed by atoms with E-state index in [0.29, 0.717) is 18.4 Å². The minimum atomic E-state index is 0.144. The first-order chi connectivity index (χ1) is 13.2. The second-order valence-corrected chi connectivity index (χ2v) is 7.55. The van der Waals surface area contributed by atoms with Crippen LogP contribution in [0.4, 0.5) is 0 Å². The summed E-state index contributed by atoms with van der Waals surface area (Å²) in [5.74, 6) is 1.97. The van der Waals surface area contributed by atoms with Crippen LogP contribution in [0.25, 0.3) is 0 Å². The molecule has 0 bridgehead atoms. The fraction of sp³-hybridized carbons (Fsp3) is 0.682. The topological polar surface area (TPSA) is 54.9 Å². The van der Waals surface area contributed by atoms with Gasteiger partial charge in [0.2, 0.25) is 0 Å². The van der Waals surface area contributed by atoms with E-state index in [0.717, 1.165) is 58.1 Å². The third-order valence-electron chi connectivity index (χ3n) is 4.78. The number of ether oxygens (including phenoxy) is 2. The standard InChI is InChI=1S/C22H37N3O2/c1-4-23-22(24-13-16-26-15-12-18(2)3)25-17-20-11-8-14-27-21(20)19-9-6-5-7-10-19/h5-7,9-10,18,20-21H,4,8,11-17H2,1-3H3,(H2,23,24,25). The zero-order valence-corrected chi connectivity index (χ0v) is 17.2. The van der Waals surface area contributed by atoms with Crippen LogP contribution in [0.1, 0.15) is 51.7 Å². The Morgan fingerprint density at radius 3 is 2.78 bits per heavy atom. The fourth-order valence-electron chi connectivity index (χ4n) is 3.25. The van der Waals surface area contributed by atoms with Crippen molar-refractivity contribution >= 4 is 5.96 Å². The molecule has 0 aliphatic carbocycles. The minimum Gasteiger partial charge on any atom is -0.380 e. The van der Waals surface area contributed by atoms with Gasteiger partial charge >= 0.3 is 0 Å². The average Bonchev–Trinajstić information content (AvgIpc) is 2.69. The molecule has 1 aromatic rings. The molecule has 5 nitrogen and oxygen atoms in total. The molecule has 1 heterocycles. The van der Waals surface area contributed by atoms with E-state index in [1.807, 2.05) is 0 Å². The lowest BCUT2D eigenvalue weighted by Gasteiger charge is -2.31. The Hall–Kier alpha value is -1.59. The van der Waals surface area contributed by atoms with Crippen LogP contribution in [0.15, 0.2) is 35.3 Å². The largest absolute Gasteiger partial charge is 0.380 e. The molecule has 1 aliphatic heterocycles. The van der Waals surface area contributed by atoms with Gasteiger partial charge in [-0.1, -0.05) is 44.2 Å². The van der Waals surface area contributed by atoms with Gasteiger partial charge in [0.1, 0.15) is 0 Å². The van der Waals surface area contributed by atoms with Crippen LogP contribution >= 0.6 is 0 Å². The maximum Gasteiger partial charge on any atom is 0.191 e. The number of rotatable bonds is 10. The molecular weight excluding hydrogens is 338 g/mol. The molecule has 152 valence electrons. The van der Waals surface area contributed by atoms with Gasteiger partial charge in [0.15, 0.2) is 5.96 Å². The average molecular weight is 376 g/mol. The molecule has 1 aliphatic rings. The maximum atomic E-state index is 6.08. The molecule has 27 heavy (non-hydrogen) atoms. The lowest BCUT2D eigenvalue weighted by atomic mass is 9.89. The third-order valence-corrected chi connectivity index (χ3v) is 4.78. The van der Waals surface area contributed by atoms with Crippen molar-refractivity contribution in [3.63, 3.8) is 0 Å². The van der Waals surface area contributed by atoms with Crippen LogP contribution in [0, 0.1) is 11.8 Å². The Bertz CT molecular complexity index is 534. The number of guanidine groups is 1. The van der Waals surface area contributed by atoms with Gasteiger partial charge < -0.3 is 20.1 Å². The Labute approximate surface area is 164 Å². The highest BCUT2D eigenvalue weighted by atomic mass is 16.5. The van der Waals surface area contributed by atoms with E-state index in [1.165, 1.54) is 5.56 Å². The smallest absolute Gasteiger partial charge is 0.191 e. The maximum absolute atomic E-state index is 6.08. The van der Waals surface area contributed by atoms with Crippen molar-refractivity contribution in [1.82, 2.24) is 10.6 Å².